The molecule has 0 aliphatic rings. The van der Waals surface area contributed by atoms with E-state index in [1.807, 2.05) is 12.1 Å². The van der Waals surface area contributed by atoms with Crippen molar-refractivity contribution in [1.29, 1.82) is 0 Å². The Morgan fingerprint density at radius 1 is 1.38 bits per heavy atom. The van der Waals surface area contributed by atoms with Gasteiger partial charge in [0.05, 0.1) is 11.5 Å². The topological polar surface area (TPSA) is 49.3 Å². The number of aliphatic hydroxyl groups is 1. The average molecular weight is 264 g/mol. The molecule has 13 heavy (non-hydrogen) atoms. The van der Waals surface area contributed by atoms with Gasteiger partial charge in [0.15, 0.2) is 0 Å². The molecule has 2 N–H and O–H groups in total. The van der Waals surface area contributed by atoms with Crippen LogP contribution in [0.5, 0.6) is 0 Å². The summed E-state index contributed by atoms with van der Waals surface area (Å²) >= 11 is 3.29. The van der Waals surface area contributed by atoms with Gasteiger partial charge in [-0.2, -0.15) is 0 Å². The zero-order valence-corrected chi connectivity index (χ0v) is 9.27. The Labute approximate surface area is 87.9 Å². The first kappa shape index (κ1) is 10.8. The van der Waals surface area contributed by atoms with Gasteiger partial charge in [-0.15, -0.1) is 0 Å². The van der Waals surface area contributed by atoms with E-state index in [2.05, 4.69) is 20.7 Å². The van der Waals surface area contributed by atoms with Crippen molar-refractivity contribution in [3.05, 3.63) is 28.7 Å². The second kappa shape index (κ2) is 5.49. The Balaban J connectivity index is 2.61. The smallest absolute Gasteiger partial charge is 0.124 e. The normalized spacial score (nSPS) is 12.8. The lowest BCUT2D eigenvalue weighted by atomic mass is 10.4. The molecule has 0 spiro atoms. The van der Waals surface area contributed by atoms with Gasteiger partial charge in [0.2, 0.25) is 0 Å². The van der Waals surface area contributed by atoms with Crippen molar-refractivity contribution in [2.45, 2.75) is 4.90 Å². The fourth-order valence-corrected chi connectivity index (χ4v) is 1.87. The number of aliphatic hydroxyl groups excluding tert-OH is 1. The van der Waals surface area contributed by atoms with Crippen LogP contribution in [0, 0.1) is 0 Å². The molecule has 0 aromatic heterocycles. The maximum atomic E-state index is 11.4. The summed E-state index contributed by atoms with van der Waals surface area (Å²) in [5.74, 6) is 0. The van der Waals surface area contributed by atoms with Crippen LogP contribution in [0.1, 0.15) is 0 Å². The number of nitrogens with one attached hydrogen (secondary N) is 1. The van der Waals surface area contributed by atoms with Gasteiger partial charge in [0.25, 0.3) is 0 Å². The Hall–Kier alpha value is -0.230. The highest BCUT2D eigenvalue weighted by molar-refractivity contribution is 9.10. The lowest BCUT2D eigenvalue weighted by molar-refractivity contribution is 0.302. The summed E-state index contributed by atoms with van der Waals surface area (Å²) in [4.78, 5) is 0.705. The van der Waals surface area contributed by atoms with Crippen LogP contribution in [0.25, 0.3) is 0 Å². The Morgan fingerprint density at radius 3 is 2.54 bits per heavy atom. The predicted molar refractivity (Wildman–Crippen MR) is 55.6 cm³/mol. The Kier molecular flexibility index (Phi) is 4.58. The minimum Gasteiger partial charge on any atom is -0.395 e. The molecule has 0 aliphatic carbocycles. The zero-order chi connectivity index (χ0) is 9.68. The van der Waals surface area contributed by atoms with E-state index in [1.54, 1.807) is 12.1 Å². The number of halogens is 1. The molecule has 1 unspecified atom stereocenters. The van der Waals surface area contributed by atoms with Crippen molar-refractivity contribution < 1.29 is 9.32 Å². The summed E-state index contributed by atoms with van der Waals surface area (Å²) in [7, 11) is -1.22. The SMILES string of the molecule is O=S(NCCO)c1ccc(Br)cc1. The third-order valence-corrected chi connectivity index (χ3v) is 3.07. The highest BCUT2D eigenvalue weighted by Crippen LogP contribution is 2.12. The maximum Gasteiger partial charge on any atom is 0.124 e. The molecule has 0 aliphatic heterocycles. The molecular formula is C8H10BrNO2S. The monoisotopic (exact) mass is 263 g/mol. The number of hydrogen-bond acceptors (Lipinski definition) is 2. The second-order valence-corrected chi connectivity index (χ2v) is 4.55. The zero-order valence-electron chi connectivity index (χ0n) is 6.87. The summed E-state index contributed by atoms with van der Waals surface area (Å²) < 4.78 is 15.0. The molecule has 0 saturated carbocycles. The first-order chi connectivity index (χ1) is 6.24. The molecule has 1 aromatic carbocycles. The molecule has 0 radical (unpaired) electrons. The first-order valence-electron chi connectivity index (χ1n) is 3.76. The summed E-state index contributed by atoms with van der Waals surface area (Å²) in [6, 6.07) is 7.19. The average Bonchev–Trinajstić information content (AvgIpc) is 2.15. The summed E-state index contributed by atoms with van der Waals surface area (Å²) in [5.41, 5.74) is 0. The van der Waals surface area contributed by atoms with Gasteiger partial charge in [-0.1, -0.05) is 15.9 Å². The standard InChI is InChI=1S/C8H10BrNO2S/c9-7-1-3-8(4-2-7)13(12)10-5-6-11/h1-4,10-11H,5-6H2. The second-order valence-electron chi connectivity index (χ2n) is 2.34. The van der Waals surface area contributed by atoms with E-state index in [0.29, 0.717) is 11.4 Å². The predicted octanol–water partition coefficient (Wildman–Crippen LogP) is 1.05. The van der Waals surface area contributed by atoms with E-state index < -0.39 is 11.0 Å². The van der Waals surface area contributed by atoms with E-state index in [-0.39, 0.29) is 6.61 Å². The van der Waals surface area contributed by atoms with Crippen LogP contribution >= 0.6 is 15.9 Å². The van der Waals surface area contributed by atoms with Gasteiger partial charge in [-0.3, -0.25) is 0 Å². The van der Waals surface area contributed by atoms with E-state index in [1.165, 1.54) is 0 Å². The molecule has 3 nitrogen and oxygen atoms in total. The summed E-state index contributed by atoms with van der Waals surface area (Å²) in [6.45, 7) is 0.324. The molecule has 1 aromatic rings. The van der Waals surface area contributed by atoms with Gasteiger partial charge >= 0.3 is 0 Å². The van der Waals surface area contributed by atoms with Gasteiger partial charge < -0.3 is 5.11 Å². The Bertz CT molecular complexity index is 289. The van der Waals surface area contributed by atoms with Gasteiger partial charge in [-0.05, 0) is 24.3 Å². The quantitative estimate of drug-likeness (QED) is 0.854. The number of rotatable bonds is 4. The van der Waals surface area contributed by atoms with Crippen molar-refractivity contribution in [2.75, 3.05) is 13.2 Å². The van der Waals surface area contributed by atoms with E-state index >= 15 is 0 Å². The largest absolute Gasteiger partial charge is 0.395 e. The van der Waals surface area contributed by atoms with Crippen LogP contribution in [0.4, 0.5) is 0 Å². The van der Waals surface area contributed by atoms with Crippen molar-refractivity contribution in [1.82, 2.24) is 4.72 Å². The van der Waals surface area contributed by atoms with Crippen LogP contribution in [0.15, 0.2) is 33.6 Å². The fourth-order valence-electron chi connectivity index (χ4n) is 0.780. The molecule has 1 rings (SSSR count). The lowest BCUT2D eigenvalue weighted by Gasteiger charge is -2.02. The fraction of sp³-hybridized carbons (Fsp3) is 0.250. The lowest BCUT2D eigenvalue weighted by Crippen LogP contribution is -2.20. The molecule has 72 valence electrons. The summed E-state index contributed by atoms with van der Waals surface area (Å²) in [6.07, 6.45) is 0. The highest BCUT2D eigenvalue weighted by Gasteiger charge is 2.01. The van der Waals surface area contributed by atoms with Crippen molar-refractivity contribution >= 4 is 26.9 Å². The van der Waals surface area contributed by atoms with Crippen LogP contribution in [0.2, 0.25) is 0 Å². The minimum absolute atomic E-state index is 0.0116. The van der Waals surface area contributed by atoms with E-state index in [4.69, 9.17) is 5.11 Å². The van der Waals surface area contributed by atoms with Crippen LogP contribution < -0.4 is 4.72 Å². The van der Waals surface area contributed by atoms with Gasteiger partial charge in [0.1, 0.15) is 11.0 Å². The third-order valence-electron chi connectivity index (χ3n) is 1.37. The molecule has 0 bridgehead atoms. The van der Waals surface area contributed by atoms with Gasteiger partial charge in [0, 0.05) is 11.0 Å². The maximum absolute atomic E-state index is 11.4. The van der Waals surface area contributed by atoms with Crippen LogP contribution in [0.3, 0.4) is 0 Å². The molecule has 0 fully saturated rings. The molecule has 5 heteroatoms. The number of hydrogen-bond donors (Lipinski definition) is 2. The third kappa shape index (κ3) is 3.56. The van der Waals surface area contributed by atoms with Crippen molar-refractivity contribution in [3.8, 4) is 0 Å². The van der Waals surface area contributed by atoms with Crippen LogP contribution in [-0.4, -0.2) is 22.5 Å². The Morgan fingerprint density at radius 2 is 2.00 bits per heavy atom. The van der Waals surface area contributed by atoms with E-state index in [0.717, 1.165) is 4.47 Å². The first-order valence-corrected chi connectivity index (χ1v) is 5.70. The molecular weight excluding hydrogens is 254 g/mol. The van der Waals surface area contributed by atoms with Gasteiger partial charge in [-0.25, -0.2) is 8.93 Å². The van der Waals surface area contributed by atoms with E-state index in [9.17, 15) is 4.21 Å². The highest BCUT2D eigenvalue weighted by atomic mass is 79.9. The summed E-state index contributed by atoms with van der Waals surface area (Å²) in [5, 5.41) is 8.50. The molecule has 0 amide bonds. The van der Waals surface area contributed by atoms with Crippen molar-refractivity contribution in [2.24, 2.45) is 0 Å². The van der Waals surface area contributed by atoms with Crippen LogP contribution in [-0.2, 0) is 11.0 Å². The molecule has 0 saturated heterocycles. The minimum atomic E-state index is -1.22. The van der Waals surface area contributed by atoms with Crippen molar-refractivity contribution in [3.63, 3.8) is 0 Å². The molecule has 1 atom stereocenters. The number of benzene rings is 1. The molecule has 0 heterocycles.